The molecule has 0 spiro atoms. The number of thioether (sulfide) groups is 1. The van der Waals surface area contributed by atoms with Gasteiger partial charge in [0.1, 0.15) is 11.8 Å². The van der Waals surface area contributed by atoms with Crippen molar-refractivity contribution in [2.45, 2.75) is 25.8 Å². The van der Waals surface area contributed by atoms with E-state index in [2.05, 4.69) is 21.8 Å². The van der Waals surface area contributed by atoms with Crippen molar-refractivity contribution in [1.82, 2.24) is 14.5 Å². The highest BCUT2D eigenvalue weighted by Crippen LogP contribution is 2.13. The Morgan fingerprint density at radius 3 is 2.41 bits per heavy atom. The number of benzene rings is 1. The highest BCUT2D eigenvalue weighted by atomic mass is 32.2. The molecule has 1 aliphatic rings. The fraction of sp³-hybridized carbons (Fsp3) is 0.650. The first kappa shape index (κ1) is 24.0. The van der Waals surface area contributed by atoms with Crippen LogP contribution in [-0.2, 0) is 21.2 Å². The van der Waals surface area contributed by atoms with Gasteiger partial charge in [0.25, 0.3) is 0 Å². The van der Waals surface area contributed by atoms with Crippen LogP contribution in [0, 0.1) is 0 Å². The molecule has 1 aromatic rings. The van der Waals surface area contributed by atoms with Crippen molar-refractivity contribution in [3.05, 3.63) is 29.8 Å². The second-order valence-electron chi connectivity index (χ2n) is 7.12. The van der Waals surface area contributed by atoms with Crippen molar-refractivity contribution in [2.24, 2.45) is 0 Å². The maximum atomic E-state index is 12.9. The van der Waals surface area contributed by atoms with Crippen LogP contribution in [-0.4, -0.2) is 87.8 Å². The zero-order valence-corrected chi connectivity index (χ0v) is 19.2. The zero-order valence-electron chi connectivity index (χ0n) is 17.6. The Balaban J connectivity index is 1.84. The average Bonchev–Trinajstić information content (AvgIpc) is 2.75. The number of amides is 1. The van der Waals surface area contributed by atoms with E-state index in [9.17, 15) is 13.2 Å². The van der Waals surface area contributed by atoms with Crippen LogP contribution in [0.5, 0.6) is 5.75 Å². The fourth-order valence-corrected chi connectivity index (χ4v) is 4.55. The summed E-state index contributed by atoms with van der Waals surface area (Å²) >= 11 is 1.61. The van der Waals surface area contributed by atoms with Crippen LogP contribution in [0.3, 0.4) is 0 Å². The number of carbonyl (C=O) groups is 1. The predicted octanol–water partition coefficient (Wildman–Crippen LogP) is 1.44. The molecule has 1 N–H and O–H groups in total. The van der Waals surface area contributed by atoms with Gasteiger partial charge in [-0.15, -0.1) is 0 Å². The highest BCUT2D eigenvalue weighted by Gasteiger charge is 2.29. The van der Waals surface area contributed by atoms with Gasteiger partial charge < -0.3 is 9.64 Å². The molecule has 1 aliphatic heterocycles. The van der Waals surface area contributed by atoms with Crippen LogP contribution in [0.25, 0.3) is 0 Å². The lowest BCUT2D eigenvalue weighted by atomic mass is 10.1. The summed E-state index contributed by atoms with van der Waals surface area (Å²) in [7, 11) is -1.75. The van der Waals surface area contributed by atoms with E-state index in [0.717, 1.165) is 37.6 Å². The standard InChI is InChI=1S/C20H33N3O4S2/c1-4-29(25,26)21-19(10-16-28-3)20(24)23-14-12-22(13-15-23)11-9-17-5-7-18(27-2)8-6-17/h5-8,19,21H,4,9-16H2,1-3H3. The molecular formula is C20H33N3O4S2. The van der Waals surface area contributed by atoms with Crippen molar-refractivity contribution in [3.8, 4) is 5.75 Å². The lowest BCUT2D eigenvalue weighted by Gasteiger charge is -2.36. The minimum Gasteiger partial charge on any atom is -0.497 e. The zero-order chi connectivity index (χ0) is 21.3. The molecule has 0 saturated carbocycles. The van der Waals surface area contributed by atoms with Crippen LogP contribution >= 0.6 is 11.8 Å². The maximum Gasteiger partial charge on any atom is 0.240 e. The van der Waals surface area contributed by atoms with E-state index in [0.29, 0.717) is 19.5 Å². The molecule has 7 nitrogen and oxygen atoms in total. The monoisotopic (exact) mass is 443 g/mol. The molecule has 0 aliphatic carbocycles. The van der Waals surface area contributed by atoms with Gasteiger partial charge in [-0.1, -0.05) is 12.1 Å². The van der Waals surface area contributed by atoms with E-state index < -0.39 is 16.1 Å². The van der Waals surface area contributed by atoms with E-state index in [1.54, 1.807) is 30.7 Å². The van der Waals surface area contributed by atoms with Gasteiger partial charge in [-0.2, -0.15) is 11.8 Å². The molecule has 1 atom stereocenters. The Morgan fingerprint density at radius 1 is 1.21 bits per heavy atom. The number of carbonyl (C=O) groups excluding carboxylic acids is 1. The minimum absolute atomic E-state index is 0.0187. The number of ether oxygens (including phenoxy) is 1. The van der Waals surface area contributed by atoms with E-state index in [1.165, 1.54) is 5.56 Å². The van der Waals surface area contributed by atoms with E-state index in [-0.39, 0.29) is 11.7 Å². The summed E-state index contributed by atoms with van der Waals surface area (Å²) in [6.07, 6.45) is 3.42. The molecule has 164 valence electrons. The number of nitrogens with one attached hydrogen (secondary N) is 1. The molecule has 1 fully saturated rings. The van der Waals surface area contributed by atoms with Crippen LogP contribution in [0.4, 0.5) is 0 Å². The summed E-state index contributed by atoms with van der Waals surface area (Å²) in [6.45, 7) is 5.39. The second-order valence-corrected chi connectivity index (χ2v) is 10.1. The molecule has 1 amide bonds. The van der Waals surface area contributed by atoms with Crippen LogP contribution in [0.1, 0.15) is 18.9 Å². The lowest BCUT2D eigenvalue weighted by Crippen LogP contribution is -2.55. The van der Waals surface area contributed by atoms with Crippen molar-refractivity contribution >= 4 is 27.7 Å². The molecule has 1 saturated heterocycles. The van der Waals surface area contributed by atoms with Gasteiger partial charge in [-0.25, -0.2) is 13.1 Å². The van der Waals surface area contributed by atoms with Crippen LogP contribution in [0.15, 0.2) is 24.3 Å². The van der Waals surface area contributed by atoms with Gasteiger partial charge >= 0.3 is 0 Å². The largest absolute Gasteiger partial charge is 0.497 e. The normalized spacial score (nSPS) is 16.6. The third-order valence-electron chi connectivity index (χ3n) is 5.17. The second kappa shape index (κ2) is 11.8. The summed E-state index contributed by atoms with van der Waals surface area (Å²) in [5.41, 5.74) is 1.26. The van der Waals surface area contributed by atoms with E-state index in [4.69, 9.17) is 4.74 Å². The summed E-state index contributed by atoms with van der Waals surface area (Å²) in [5.74, 6) is 1.47. The predicted molar refractivity (Wildman–Crippen MR) is 119 cm³/mol. The van der Waals surface area contributed by atoms with Gasteiger partial charge in [0.05, 0.1) is 12.9 Å². The minimum atomic E-state index is -3.41. The number of hydrogen-bond donors (Lipinski definition) is 1. The molecule has 0 radical (unpaired) electrons. The van der Waals surface area contributed by atoms with Crippen molar-refractivity contribution in [1.29, 1.82) is 0 Å². The van der Waals surface area contributed by atoms with E-state index >= 15 is 0 Å². The molecule has 1 aromatic carbocycles. The quantitative estimate of drug-likeness (QED) is 0.558. The molecule has 29 heavy (non-hydrogen) atoms. The first-order valence-corrected chi connectivity index (χ1v) is 13.1. The third kappa shape index (κ3) is 7.81. The summed E-state index contributed by atoms with van der Waals surface area (Å²) in [6, 6.07) is 7.43. The van der Waals surface area contributed by atoms with Gasteiger partial charge in [0.2, 0.25) is 15.9 Å². The Kier molecular flexibility index (Phi) is 9.74. The van der Waals surface area contributed by atoms with Gasteiger partial charge in [-0.05, 0) is 49.5 Å². The van der Waals surface area contributed by atoms with Crippen molar-refractivity contribution in [3.63, 3.8) is 0 Å². The first-order chi connectivity index (χ1) is 13.9. The molecule has 1 heterocycles. The Hall–Kier alpha value is -1.29. The number of hydrogen-bond acceptors (Lipinski definition) is 6. The summed E-state index contributed by atoms with van der Waals surface area (Å²) in [5, 5.41) is 0. The topological polar surface area (TPSA) is 79.0 Å². The maximum absolute atomic E-state index is 12.9. The van der Waals surface area contributed by atoms with E-state index in [1.807, 2.05) is 18.4 Å². The average molecular weight is 444 g/mol. The molecule has 1 unspecified atom stereocenters. The highest BCUT2D eigenvalue weighted by molar-refractivity contribution is 7.98. The van der Waals surface area contributed by atoms with Crippen molar-refractivity contribution in [2.75, 3.05) is 57.6 Å². The van der Waals surface area contributed by atoms with Crippen LogP contribution in [0.2, 0.25) is 0 Å². The number of sulfonamides is 1. The molecule has 0 aromatic heterocycles. The van der Waals surface area contributed by atoms with Crippen LogP contribution < -0.4 is 9.46 Å². The number of nitrogens with zero attached hydrogens (tertiary/aromatic N) is 2. The van der Waals surface area contributed by atoms with Gasteiger partial charge in [-0.3, -0.25) is 9.69 Å². The fourth-order valence-electron chi connectivity index (χ4n) is 3.26. The molecule has 9 heteroatoms. The third-order valence-corrected chi connectivity index (χ3v) is 7.22. The number of rotatable bonds is 11. The van der Waals surface area contributed by atoms with Crippen molar-refractivity contribution < 1.29 is 17.9 Å². The first-order valence-electron chi connectivity index (χ1n) is 10.0. The molecule has 2 rings (SSSR count). The smallest absolute Gasteiger partial charge is 0.240 e. The Labute approximate surface area is 179 Å². The lowest BCUT2D eigenvalue weighted by molar-refractivity contribution is -0.134. The SMILES string of the molecule is CCS(=O)(=O)NC(CCSC)C(=O)N1CCN(CCc2ccc(OC)cc2)CC1. The molecular weight excluding hydrogens is 410 g/mol. The van der Waals surface area contributed by atoms with Gasteiger partial charge in [0.15, 0.2) is 0 Å². The molecule has 0 bridgehead atoms. The number of methoxy groups -OCH3 is 1. The number of piperazine rings is 1. The Morgan fingerprint density at radius 2 is 1.86 bits per heavy atom. The summed E-state index contributed by atoms with van der Waals surface area (Å²) < 4.78 is 31.7. The van der Waals surface area contributed by atoms with Gasteiger partial charge in [0, 0.05) is 32.7 Å². The summed E-state index contributed by atoms with van der Waals surface area (Å²) in [4.78, 5) is 17.1. The Bertz CT molecular complexity index is 733.